The average Bonchev–Trinajstić information content (AvgIpc) is 2.92. The largest absolute Gasteiger partial charge is 0.336 e. The van der Waals surface area contributed by atoms with Crippen LogP contribution in [0.4, 0.5) is 4.79 Å². The Kier molecular flexibility index (Phi) is 3.57. The van der Waals surface area contributed by atoms with E-state index in [1.165, 1.54) is 11.3 Å². The second-order valence-corrected chi connectivity index (χ2v) is 8.27. The molecule has 0 aliphatic carbocycles. The van der Waals surface area contributed by atoms with E-state index in [0.29, 0.717) is 31.7 Å². The van der Waals surface area contributed by atoms with Crippen LogP contribution in [-0.4, -0.2) is 54.0 Å². The topological polar surface area (TPSA) is 52.7 Å². The Labute approximate surface area is 131 Å². The van der Waals surface area contributed by atoms with Crippen LogP contribution in [0.1, 0.15) is 10.4 Å². The Morgan fingerprint density at radius 2 is 2.21 bits per heavy atom. The van der Waals surface area contributed by atoms with Crippen molar-refractivity contribution in [3.05, 3.63) is 19.2 Å². The summed E-state index contributed by atoms with van der Waals surface area (Å²) in [6.07, 6.45) is 0. The number of urea groups is 1. The summed E-state index contributed by atoms with van der Waals surface area (Å²) in [5.41, 5.74) is 0.683. The molecule has 19 heavy (non-hydrogen) atoms. The highest BCUT2D eigenvalue weighted by atomic mass is 79.9. The Hall–Kier alpha value is -0.600. The molecule has 1 N–H and O–H groups in total. The van der Waals surface area contributed by atoms with Crippen LogP contribution in [0.2, 0.25) is 0 Å². The molecule has 0 aromatic carbocycles. The van der Waals surface area contributed by atoms with E-state index in [2.05, 4.69) is 37.2 Å². The van der Waals surface area contributed by atoms with E-state index in [1.807, 2.05) is 15.9 Å². The van der Waals surface area contributed by atoms with E-state index in [0.717, 1.165) is 7.57 Å². The summed E-state index contributed by atoms with van der Waals surface area (Å²) in [5, 5.41) is 2.81. The van der Waals surface area contributed by atoms with Gasteiger partial charge in [0.2, 0.25) is 0 Å². The van der Waals surface area contributed by atoms with Crippen molar-refractivity contribution in [2.45, 2.75) is 6.04 Å². The molecule has 1 aromatic heterocycles. The first kappa shape index (κ1) is 13.4. The molecule has 3 amide bonds. The molecule has 2 saturated heterocycles. The normalized spacial score (nSPS) is 22.4. The maximum Gasteiger partial charge on any atom is 0.317 e. The number of rotatable bonds is 1. The van der Waals surface area contributed by atoms with Crippen molar-refractivity contribution in [3.63, 3.8) is 0 Å². The summed E-state index contributed by atoms with van der Waals surface area (Å²) < 4.78 is 1.77. The molecule has 0 radical (unpaired) electrons. The predicted molar refractivity (Wildman–Crippen MR) is 79.5 cm³/mol. The molecule has 102 valence electrons. The molecule has 3 rings (SSSR count). The van der Waals surface area contributed by atoms with Gasteiger partial charge in [-0.05, 0) is 37.9 Å². The number of halogens is 2. The SMILES string of the molecule is O=C(c1cc(Br)sc1Br)N1CCN2C(=O)NCC2C1. The Morgan fingerprint density at radius 3 is 2.89 bits per heavy atom. The number of hydrogen-bond acceptors (Lipinski definition) is 3. The first-order valence-corrected chi connectivity index (χ1v) is 8.25. The van der Waals surface area contributed by atoms with Gasteiger partial charge in [-0.2, -0.15) is 0 Å². The minimum absolute atomic E-state index is 0.0171. The number of hydrogen-bond donors (Lipinski definition) is 1. The molecule has 8 heteroatoms. The minimum atomic E-state index is -0.0171. The Morgan fingerprint density at radius 1 is 1.42 bits per heavy atom. The molecule has 0 saturated carbocycles. The maximum atomic E-state index is 12.5. The summed E-state index contributed by atoms with van der Waals surface area (Å²) in [6, 6.07) is 1.92. The number of nitrogens with zero attached hydrogens (tertiary/aromatic N) is 2. The number of carbonyl (C=O) groups excluding carboxylic acids is 2. The molecule has 3 heterocycles. The van der Waals surface area contributed by atoms with Gasteiger partial charge in [0.05, 0.1) is 19.2 Å². The van der Waals surface area contributed by atoms with E-state index in [1.54, 1.807) is 0 Å². The number of nitrogens with one attached hydrogen (secondary N) is 1. The van der Waals surface area contributed by atoms with E-state index in [-0.39, 0.29) is 18.0 Å². The van der Waals surface area contributed by atoms with Crippen LogP contribution in [0.5, 0.6) is 0 Å². The van der Waals surface area contributed by atoms with Crippen LogP contribution < -0.4 is 5.32 Å². The highest BCUT2D eigenvalue weighted by Gasteiger charge is 2.37. The number of thiophene rings is 1. The van der Waals surface area contributed by atoms with E-state index >= 15 is 0 Å². The maximum absolute atomic E-state index is 12.5. The molecule has 2 aliphatic heterocycles. The lowest BCUT2D eigenvalue weighted by molar-refractivity contribution is 0.0616. The standard InChI is InChI=1S/C11H11Br2N3O2S/c12-8-3-7(9(13)19-8)10(17)15-1-2-16-6(5-15)4-14-11(16)18/h3,6H,1-2,4-5H2,(H,14,18). The summed E-state index contributed by atoms with van der Waals surface area (Å²) in [5.74, 6) is 0.0211. The van der Waals surface area contributed by atoms with Gasteiger partial charge < -0.3 is 15.1 Å². The van der Waals surface area contributed by atoms with Crippen molar-refractivity contribution in [2.24, 2.45) is 0 Å². The molecule has 2 fully saturated rings. The zero-order valence-electron chi connectivity index (χ0n) is 9.86. The second kappa shape index (κ2) is 5.06. The molecular formula is C11H11Br2N3O2S. The average molecular weight is 409 g/mol. The summed E-state index contributed by atoms with van der Waals surface area (Å²) in [4.78, 5) is 27.6. The summed E-state index contributed by atoms with van der Waals surface area (Å²) >= 11 is 8.29. The minimum Gasteiger partial charge on any atom is -0.336 e. The van der Waals surface area contributed by atoms with Gasteiger partial charge in [0.15, 0.2) is 0 Å². The fraction of sp³-hybridized carbons (Fsp3) is 0.455. The van der Waals surface area contributed by atoms with Crippen LogP contribution in [0.15, 0.2) is 13.6 Å². The fourth-order valence-electron chi connectivity index (χ4n) is 2.44. The first-order chi connectivity index (χ1) is 9.06. The van der Waals surface area contributed by atoms with Crippen molar-refractivity contribution in [2.75, 3.05) is 26.2 Å². The van der Waals surface area contributed by atoms with Crippen molar-refractivity contribution >= 4 is 55.1 Å². The zero-order chi connectivity index (χ0) is 13.6. The number of piperazine rings is 1. The van der Waals surface area contributed by atoms with Gasteiger partial charge in [0.1, 0.15) is 0 Å². The third-order valence-electron chi connectivity index (χ3n) is 3.41. The van der Waals surface area contributed by atoms with Crippen molar-refractivity contribution in [1.29, 1.82) is 0 Å². The van der Waals surface area contributed by atoms with Gasteiger partial charge in [-0.3, -0.25) is 4.79 Å². The van der Waals surface area contributed by atoms with Crippen LogP contribution in [0.25, 0.3) is 0 Å². The number of carbonyl (C=O) groups is 2. The van der Waals surface area contributed by atoms with Crippen molar-refractivity contribution in [1.82, 2.24) is 15.1 Å². The molecule has 5 nitrogen and oxygen atoms in total. The molecule has 1 aromatic rings. The lowest BCUT2D eigenvalue weighted by atomic mass is 10.1. The number of amides is 3. The van der Waals surface area contributed by atoms with Crippen LogP contribution in [-0.2, 0) is 0 Å². The van der Waals surface area contributed by atoms with Crippen molar-refractivity contribution < 1.29 is 9.59 Å². The van der Waals surface area contributed by atoms with E-state index < -0.39 is 0 Å². The monoisotopic (exact) mass is 407 g/mol. The van der Waals surface area contributed by atoms with Gasteiger partial charge in [-0.1, -0.05) is 0 Å². The lowest BCUT2D eigenvalue weighted by Gasteiger charge is -2.36. The molecule has 0 spiro atoms. The summed E-state index contributed by atoms with van der Waals surface area (Å²) in [7, 11) is 0. The lowest BCUT2D eigenvalue weighted by Crippen LogP contribution is -2.53. The molecule has 0 bridgehead atoms. The zero-order valence-corrected chi connectivity index (χ0v) is 13.8. The molecular weight excluding hydrogens is 398 g/mol. The third-order valence-corrected chi connectivity index (χ3v) is 5.75. The van der Waals surface area contributed by atoms with Crippen LogP contribution in [0, 0.1) is 0 Å². The van der Waals surface area contributed by atoms with Gasteiger partial charge in [0.25, 0.3) is 5.91 Å². The Balaban J connectivity index is 1.75. The van der Waals surface area contributed by atoms with E-state index in [9.17, 15) is 9.59 Å². The van der Waals surface area contributed by atoms with Gasteiger partial charge in [-0.25, -0.2) is 4.79 Å². The molecule has 1 unspecified atom stereocenters. The first-order valence-electron chi connectivity index (χ1n) is 5.85. The van der Waals surface area contributed by atoms with Gasteiger partial charge in [0, 0.05) is 26.2 Å². The summed E-state index contributed by atoms with van der Waals surface area (Å²) in [6.45, 7) is 2.41. The Bertz CT molecular complexity index is 548. The van der Waals surface area contributed by atoms with E-state index in [4.69, 9.17) is 0 Å². The van der Waals surface area contributed by atoms with Gasteiger partial charge >= 0.3 is 6.03 Å². The quantitative estimate of drug-likeness (QED) is 0.773. The highest BCUT2D eigenvalue weighted by molar-refractivity contribution is 9.12. The molecule has 2 aliphatic rings. The highest BCUT2D eigenvalue weighted by Crippen LogP contribution is 2.33. The van der Waals surface area contributed by atoms with Crippen LogP contribution >= 0.6 is 43.2 Å². The second-order valence-electron chi connectivity index (χ2n) is 4.52. The third kappa shape index (κ3) is 2.41. The number of fused-ring (bicyclic) bond motifs is 1. The van der Waals surface area contributed by atoms with Crippen LogP contribution in [0.3, 0.4) is 0 Å². The predicted octanol–water partition coefficient (Wildman–Crippen LogP) is 2.12. The fourth-order valence-corrected chi connectivity index (χ4v) is 5.22. The molecule has 1 atom stereocenters. The van der Waals surface area contributed by atoms with Gasteiger partial charge in [-0.15, -0.1) is 11.3 Å². The van der Waals surface area contributed by atoms with Crippen molar-refractivity contribution in [3.8, 4) is 0 Å². The smallest absolute Gasteiger partial charge is 0.317 e.